The highest BCUT2D eigenvalue weighted by Crippen LogP contribution is 2.26. The molecule has 0 unspecified atom stereocenters. The largest absolute Gasteiger partial charge is 0.480 e. The molecule has 0 aromatic carbocycles. The normalized spacial score (nSPS) is 18.1. The molecule has 16 heavy (non-hydrogen) atoms. The van der Waals surface area contributed by atoms with Crippen molar-refractivity contribution < 1.29 is 14.7 Å². The lowest BCUT2D eigenvalue weighted by Crippen LogP contribution is -2.44. The highest BCUT2D eigenvalue weighted by Gasteiger charge is 2.16. The molecule has 0 aromatic rings. The Morgan fingerprint density at radius 2 is 2.00 bits per heavy atom. The van der Waals surface area contributed by atoms with Crippen LogP contribution in [0.3, 0.4) is 0 Å². The highest BCUT2D eigenvalue weighted by atomic mass is 16.4. The number of amides is 2. The van der Waals surface area contributed by atoms with Crippen molar-refractivity contribution in [2.24, 2.45) is 5.92 Å². The monoisotopic (exact) mass is 228 g/mol. The summed E-state index contributed by atoms with van der Waals surface area (Å²) in [6, 6.07) is -1.24. The minimum absolute atomic E-state index is 0.395. The van der Waals surface area contributed by atoms with Gasteiger partial charge in [-0.1, -0.05) is 25.7 Å². The Balaban J connectivity index is 2.07. The Labute approximate surface area is 95.6 Å². The summed E-state index contributed by atoms with van der Waals surface area (Å²) in [6.45, 7) is 2.07. The van der Waals surface area contributed by atoms with E-state index in [1.165, 1.54) is 32.6 Å². The first-order valence-electron chi connectivity index (χ1n) is 5.86. The van der Waals surface area contributed by atoms with Gasteiger partial charge < -0.3 is 15.7 Å². The Morgan fingerprint density at radius 1 is 1.38 bits per heavy atom. The third-order valence-corrected chi connectivity index (χ3v) is 3.03. The summed E-state index contributed by atoms with van der Waals surface area (Å²) in [4.78, 5) is 21.7. The number of carbonyl (C=O) groups excluding carboxylic acids is 1. The average Bonchev–Trinajstić information content (AvgIpc) is 2.70. The van der Waals surface area contributed by atoms with Crippen LogP contribution in [0.15, 0.2) is 0 Å². The number of carbonyl (C=O) groups is 2. The molecule has 1 aliphatic carbocycles. The number of carboxylic acids is 1. The topological polar surface area (TPSA) is 78.4 Å². The van der Waals surface area contributed by atoms with Crippen LogP contribution in [-0.4, -0.2) is 29.7 Å². The van der Waals surface area contributed by atoms with Gasteiger partial charge in [0.2, 0.25) is 0 Å². The molecule has 0 aromatic heterocycles. The average molecular weight is 228 g/mol. The molecule has 0 heterocycles. The summed E-state index contributed by atoms with van der Waals surface area (Å²) in [6.07, 6.45) is 6.11. The maximum atomic E-state index is 11.2. The molecule has 1 aliphatic rings. The summed E-state index contributed by atoms with van der Waals surface area (Å²) in [5.74, 6) is -0.289. The van der Waals surface area contributed by atoms with Crippen molar-refractivity contribution in [1.82, 2.24) is 10.6 Å². The van der Waals surface area contributed by atoms with Gasteiger partial charge in [0.05, 0.1) is 0 Å². The van der Waals surface area contributed by atoms with Gasteiger partial charge in [-0.05, 0) is 19.3 Å². The van der Waals surface area contributed by atoms with Crippen molar-refractivity contribution >= 4 is 12.0 Å². The van der Waals surface area contributed by atoms with Crippen molar-refractivity contribution in [2.45, 2.75) is 45.1 Å². The predicted octanol–water partition coefficient (Wildman–Crippen LogP) is 1.34. The summed E-state index contributed by atoms with van der Waals surface area (Å²) in [5.41, 5.74) is 0. The van der Waals surface area contributed by atoms with E-state index in [4.69, 9.17) is 5.11 Å². The van der Waals surface area contributed by atoms with Crippen molar-refractivity contribution in [3.05, 3.63) is 0 Å². The number of aliphatic carboxylic acids is 1. The maximum Gasteiger partial charge on any atom is 0.325 e. The fourth-order valence-corrected chi connectivity index (χ4v) is 2.00. The molecule has 1 saturated carbocycles. The van der Waals surface area contributed by atoms with E-state index in [-0.39, 0.29) is 0 Å². The molecule has 0 bridgehead atoms. The Morgan fingerprint density at radius 3 is 2.56 bits per heavy atom. The molecule has 0 radical (unpaired) electrons. The van der Waals surface area contributed by atoms with E-state index >= 15 is 0 Å². The van der Waals surface area contributed by atoms with Gasteiger partial charge in [0.15, 0.2) is 0 Å². The first kappa shape index (κ1) is 12.8. The van der Waals surface area contributed by atoms with Gasteiger partial charge >= 0.3 is 12.0 Å². The number of hydrogen-bond acceptors (Lipinski definition) is 2. The van der Waals surface area contributed by atoms with E-state index in [1.807, 2.05) is 0 Å². The van der Waals surface area contributed by atoms with Gasteiger partial charge in [-0.3, -0.25) is 4.79 Å². The third-order valence-electron chi connectivity index (χ3n) is 3.03. The SMILES string of the molecule is C[C@@H](NC(=O)NCCC1CCCC1)C(=O)O. The lowest BCUT2D eigenvalue weighted by atomic mass is 10.0. The zero-order valence-corrected chi connectivity index (χ0v) is 9.66. The van der Waals surface area contributed by atoms with Crippen LogP contribution in [0.4, 0.5) is 4.79 Å². The molecule has 1 fully saturated rings. The second-order valence-electron chi connectivity index (χ2n) is 4.40. The van der Waals surface area contributed by atoms with Gasteiger partial charge in [0, 0.05) is 6.54 Å². The first-order chi connectivity index (χ1) is 7.59. The van der Waals surface area contributed by atoms with Gasteiger partial charge in [0.25, 0.3) is 0 Å². The molecule has 5 nitrogen and oxygen atoms in total. The van der Waals surface area contributed by atoms with Crippen LogP contribution < -0.4 is 10.6 Å². The van der Waals surface area contributed by atoms with Crippen molar-refractivity contribution in [2.75, 3.05) is 6.54 Å². The Bertz CT molecular complexity index is 250. The number of nitrogens with one attached hydrogen (secondary N) is 2. The summed E-state index contributed by atoms with van der Waals surface area (Å²) in [7, 11) is 0. The number of urea groups is 1. The number of hydrogen-bond donors (Lipinski definition) is 3. The molecule has 3 N–H and O–H groups in total. The van der Waals surface area contributed by atoms with Crippen LogP contribution in [0.1, 0.15) is 39.0 Å². The van der Waals surface area contributed by atoms with E-state index in [2.05, 4.69) is 10.6 Å². The lowest BCUT2D eigenvalue weighted by molar-refractivity contribution is -0.138. The second kappa shape index (κ2) is 6.35. The van der Waals surface area contributed by atoms with Crippen molar-refractivity contribution in [3.8, 4) is 0 Å². The second-order valence-corrected chi connectivity index (χ2v) is 4.40. The Hall–Kier alpha value is -1.26. The van der Waals surface area contributed by atoms with E-state index in [9.17, 15) is 9.59 Å². The fourth-order valence-electron chi connectivity index (χ4n) is 2.00. The minimum Gasteiger partial charge on any atom is -0.480 e. The maximum absolute atomic E-state index is 11.2. The quantitative estimate of drug-likeness (QED) is 0.664. The van der Waals surface area contributed by atoms with Crippen molar-refractivity contribution in [1.29, 1.82) is 0 Å². The van der Waals surface area contributed by atoms with Gasteiger partial charge in [-0.2, -0.15) is 0 Å². The zero-order chi connectivity index (χ0) is 12.0. The first-order valence-corrected chi connectivity index (χ1v) is 5.86. The lowest BCUT2D eigenvalue weighted by Gasteiger charge is -2.12. The van der Waals surface area contributed by atoms with E-state index < -0.39 is 18.0 Å². The molecule has 92 valence electrons. The summed E-state index contributed by atoms with van der Waals surface area (Å²) in [5, 5.41) is 13.6. The molecule has 0 spiro atoms. The van der Waals surface area contributed by atoms with Crippen LogP contribution in [0.5, 0.6) is 0 Å². The Kier molecular flexibility index (Phi) is 5.08. The van der Waals surface area contributed by atoms with E-state index in [0.29, 0.717) is 6.54 Å². The van der Waals surface area contributed by atoms with Gasteiger partial charge in [-0.15, -0.1) is 0 Å². The standard InChI is InChI=1S/C11H20N2O3/c1-8(10(14)15)13-11(16)12-7-6-9-4-2-3-5-9/h8-9H,2-7H2,1H3,(H,14,15)(H2,12,13,16)/t8-/m1/s1. The molecule has 0 aliphatic heterocycles. The highest BCUT2D eigenvalue weighted by molar-refractivity contribution is 5.82. The number of rotatable bonds is 5. The molecular formula is C11H20N2O3. The van der Waals surface area contributed by atoms with E-state index in [1.54, 1.807) is 0 Å². The zero-order valence-electron chi connectivity index (χ0n) is 9.66. The molecule has 0 saturated heterocycles. The molecule has 2 amide bonds. The van der Waals surface area contributed by atoms with Crippen molar-refractivity contribution in [3.63, 3.8) is 0 Å². The molecular weight excluding hydrogens is 208 g/mol. The van der Waals surface area contributed by atoms with E-state index in [0.717, 1.165) is 12.3 Å². The molecule has 1 rings (SSSR count). The summed E-state index contributed by atoms with van der Waals surface area (Å²) >= 11 is 0. The predicted molar refractivity (Wildman–Crippen MR) is 60.2 cm³/mol. The summed E-state index contributed by atoms with van der Waals surface area (Å²) < 4.78 is 0. The van der Waals surface area contributed by atoms with Crippen LogP contribution in [0, 0.1) is 5.92 Å². The van der Waals surface area contributed by atoms with Crippen LogP contribution in [0.2, 0.25) is 0 Å². The molecule has 5 heteroatoms. The minimum atomic E-state index is -1.02. The van der Waals surface area contributed by atoms with Crippen LogP contribution >= 0.6 is 0 Å². The van der Waals surface area contributed by atoms with Gasteiger partial charge in [-0.25, -0.2) is 4.79 Å². The number of carboxylic acid groups (broad SMARTS) is 1. The van der Waals surface area contributed by atoms with Crippen LogP contribution in [-0.2, 0) is 4.79 Å². The van der Waals surface area contributed by atoms with Crippen LogP contribution in [0.25, 0.3) is 0 Å². The molecule has 1 atom stereocenters. The van der Waals surface area contributed by atoms with Gasteiger partial charge in [0.1, 0.15) is 6.04 Å². The smallest absolute Gasteiger partial charge is 0.325 e. The fraction of sp³-hybridized carbons (Fsp3) is 0.818. The third kappa shape index (κ3) is 4.51.